The third-order valence-corrected chi connectivity index (χ3v) is 5.85. The normalized spacial score (nSPS) is 18.5. The molecule has 170 valence electrons. The fourth-order valence-electron chi connectivity index (χ4n) is 4.10. The highest BCUT2D eigenvalue weighted by molar-refractivity contribution is 5.80. The van der Waals surface area contributed by atoms with E-state index in [1.165, 1.54) is 0 Å². The summed E-state index contributed by atoms with van der Waals surface area (Å²) in [5.74, 6) is -0.234. The minimum absolute atomic E-state index is 0.0729. The Balaban J connectivity index is 1.39. The summed E-state index contributed by atoms with van der Waals surface area (Å²) in [5.41, 5.74) is 0.468. The second-order valence-electron chi connectivity index (χ2n) is 9.43. The van der Waals surface area contributed by atoms with Crippen molar-refractivity contribution >= 4 is 18.0 Å². The highest BCUT2D eigenvalue weighted by atomic mass is 16.6. The van der Waals surface area contributed by atoms with E-state index in [2.05, 4.69) is 0 Å². The number of likely N-dealkylation sites (tertiary alicyclic amines) is 2. The maximum absolute atomic E-state index is 12.9. The van der Waals surface area contributed by atoms with Crippen molar-refractivity contribution in [3.8, 4) is 0 Å². The van der Waals surface area contributed by atoms with E-state index in [0.717, 1.165) is 5.56 Å². The molecule has 2 aliphatic heterocycles. The molecule has 0 aliphatic carbocycles. The van der Waals surface area contributed by atoms with Crippen molar-refractivity contribution in [2.24, 2.45) is 11.8 Å². The predicted molar refractivity (Wildman–Crippen MR) is 116 cm³/mol. The van der Waals surface area contributed by atoms with Gasteiger partial charge in [-0.3, -0.25) is 9.59 Å². The van der Waals surface area contributed by atoms with Crippen LogP contribution in [0.4, 0.5) is 4.79 Å². The number of ether oxygens (including phenoxy) is 2. The van der Waals surface area contributed by atoms with Crippen molar-refractivity contribution in [3.05, 3.63) is 35.9 Å². The number of amides is 2. The monoisotopic (exact) mass is 430 g/mol. The number of carbonyl (C=O) groups excluding carboxylic acids is 3. The number of benzene rings is 1. The van der Waals surface area contributed by atoms with Gasteiger partial charge in [0.25, 0.3) is 0 Å². The lowest BCUT2D eigenvalue weighted by Crippen LogP contribution is -2.47. The van der Waals surface area contributed by atoms with Gasteiger partial charge in [0.15, 0.2) is 0 Å². The van der Waals surface area contributed by atoms with Crippen LogP contribution < -0.4 is 0 Å². The first-order valence-electron chi connectivity index (χ1n) is 11.2. The van der Waals surface area contributed by atoms with E-state index in [1.54, 1.807) is 4.90 Å². The van der Waals surface area contributed by atoms with Gasteiger partial charge in [0.1, 0.15) is 12.2 Å². The Labute approximate surface area is 184 Å². The maximum Gasteiger partial charge on any atom is 0.410 e. The molecule has 3 rings (SSSR count). The number of esters is 1. The van der Waals surface area contributed by atoms with Gasteiger partial charge in [-0.1, -0.05) is 30.3 Å². The van der Waals surface area contributed by atoms with Crippen LogP contribution in [0.1, 0.15) is 52.0 Å². The van der Waals surface area contributed by atoms with Crippen LogP contribution in [0, 0.1) is 11.8 Å². The molecule has 0 spiro atoms. The minimum atomic E-state index is -0.486. The summed E-state index contributed by atoms with van der Waals surface area (Å²) in [6, 6.07) is 9.59. The Bertz CT molecular complexity index is 758. The molecule has 7 nitrogen and oxygen atoms in total. The molecule has 2 amide bonds. The van der Waals surface area contributed by atoms with Crippen LogP contribution in [0.3, 0.4) is 0 Å². The summed E-state index contributed by atoms with van der Waals surface area (Å²) in [4.78, 5) is 41.0. The fourth-order valence-corrected chi connectivity index (χ4v) is 4.10. The number of rotatable bonds is 4. The summed E-state index contributed by atoms with van der Waals surface area (Å²) in [6.07, 6.45) is 2.25. The van der Waals surface area contributed by atoms with Gasteiger partial charge in [0.2, 0.25) is 5.91 Å². The summed E-state index contributed by atoms with van der Waals surface area (Å²) < 4.78 is 10.9. The van der Waals surface area contributed by atoms with Crippen LogP contribution in [-0.2, 0) is 25.7 Å². The smallest absolute Gasteiger partial charge is 0.410 e. The van der Waals surface area contributed by atoms with Crippen LogP contribution in [-0.4, -0.2) is 59.5 Å². The molecule has 0 bridgehead atoms. The average molecular weight is 431 g/mol. The second kappa shape index (κ2) is 10.2. The molecular formula is C24H34N2O5. The molecule has 0 radical (unpaired) electrons. The van der Waals surface area contributed by atoms with Crippen LogP contribution in [0.15, 0.2) is 30.3 Å². The fraction of sp³-hybridized carbons (Fsp3) is 0.625. The molecule has 31 heavy (non-hydrogen) atoms. The van der Waals surface area contributed by atoms with Gasteiger partial charge in [-0.05, 0) is 52.0 Å². The first-order chi connectivity index (χ1) is 14.7. The van der Waals surface area contributed by atoms with Gasteiger partial charge in [-0.2, -0.15) is 0 Å². The Morgan fingerprint density at radius 2 is 1.42 bits per heavy atom. The second-order valence-corrected chi connectivity index (χ2v) is 9.43. The first kappa shape index (κ1) is 23.1. The summed E-state index contributed by atoms with van der Waals surface area (Å²) in [6.45, 7) is 8.08. The van der Waals surface area contributed by atoms with E-state index in [0.29, 0.717) is 51.9 Å². The lowest BCUT2D eigenvalue weighted by atomic mass is 9.92. The number of nitrogens with zero attached hydrogens (tertiary/aromatic N) is 2. The van der Waals surface area contributed by atoms with Gasteiger partial charge < -0.3 is 19.3 Å². The lowest BCUT2D eigenvalue weighted by Gasteiger charge is -2.37. The van der Waals surface area contributed by atoms with Gasteiger partial charge >= 0.3 is 12.1 Å². The molecule has 1 aromatic rings. The van der Waals surface area contributed by atoms with Crippen LogP contribution in [0.25, 0.3) is 0 Å². The summed E-state index contributed by atoms with van der Waals surface area (Å²) in [7, 11) is 0. The molecular weight excluding hydrogens is 396 g/mol. The van der Waals surface area contributed by atoms with Crippen molar-refractivity contribution in [1.82, 2.24) is 9.80 Å². The molecule has 2 fully saturated rings. The van der Waals surface area contributed by atoms with Crippen molar-refractivity contribution in [1.29, 1.82) is 0 Å². The predicted octanol–water partition coefficient (Wildman–Crippen LogP) is 3.62. The van der Waals surface area contributed by atoms with E-state index in [1.807, 2.05) is 56.0 Å². The van der Waals surface area contributed by atoms with Gasteiger partial charge in [0, 0.05) is 32.1 Å². The van der Waals surface area contributed by atoms with Crippen molar-refractivity contribution < 1.29 is 23.9 Å². The average Bonchev–Trinajstić information content (AvgIpc) is 2.77. The van der Waals surface area contributed by atoms with E-state index in [4.69, 9.17) is 9.47 Å². The van der Waals surface area contributed by atoms with E-state index < -0.39 is 5.60 Å². The van der Waals surface area contributed by atoms with Gasteiger partial charge in [-0.25, -0.2) is 4.79 Å². The summed E-state index contributed by atoms with van der Waals surface area (Å²) >= 11 is 0. The summed E-state index contributed by atoms with van der Waals surface area (Å²) in [5, 5.41) is 0. The Morgan fingerprint density at radius 3 is 2.00 bits per heavy atom. The van der Waals surface area contributed by atoms with Crippen LogP contribution in [0.5, 0.6) is 0 Å². The first-order valence-corrected chi connectivity index (χ1v) is 11.2. The number of piperidine rings is 2. The Kier molecular flexibility index (Phi) is 7.57. The van der Waals surface area contributed by atoms with E-state index >= 15 is 0 Å². The van der Waals surface area contributed by atoms with E-state index in [-0.39, 0.29) is 36.4 Å². The third kappa shape index (κ3) is 6.71. The standard InChI is InChI=1S/C24H34N2O5/c1-24(2,3)31-22(28)20-11-13-25(14-12-20)21(27)19-9-15-26(16-10-19)23(29)30-17-18-7-5-4-6-8-18/h4-8,19-20H,9-17H2,1-3H3. The maximum atomic E-state index is 12.9. The van der Waals surface area contributed by atoms with Crippen molar-refractivity contribution in [2.75, 3.05) is 26.2 Å². The van der Waals surface area contributed by atoms with E-state index in [9.17, 15) is 14.4 Å². The lowest BCUT2D eigenvalue weighted by molar-refractivity contribution is -0.162. The van der Waals surface area contributed by atoms with Gasteiger partial charge in [0.05, 0.1) is 5.92 Å². The van der Waals surface area contributed by atoms with Crippen LogP contribution >= 0.6 is 0 Å². The van der Waals surface area contributed by atoms with Crippen molar-refractivity contribution in [2.45, 2.75) is 58.7 Å². The van der Waals surface area contributed by atoms with Crippen molar-refractivity contribution in [3.63, 3.8) is 0 Å². The molecule has 0 N–H and O–H groups in total. The zero-order valence-corrected chi connectivity index (χ0v) is 18.8. The molecule has 0 atom stereocenters. The molecule has 2 aliphatic rings. The zero-order chi connectivity index (χ0) is 22.4. The number of hydrogen-bond acceptors (Lipinski definition) is 5. The van der Waals surface area contributed by atoms with Gasteiger partial charge in [-0.15, -0.1) is 0 Å². The molecule has 7 heteroatoms. The topological polar surface area (TPSA) is 76.2 Å². The number of carbonyl (C=O) groups is 3. The molecule has 0 saturated carbocycles. The zero-order valence-electron chi connectivity index (χ0n) is 18.8. The molecule has 0 unspecified atom stereocenters. The Morgan fingerprint density at radius 1 is 0.871 bits per heavy atom. The molecule has 1 aromatic carbocycles. The molecule has 2 heterocycles. The SMILES string of the molecule is CC(C)(C)OC(=O)C1CCN(C(=O)C2CCN(C(=O)OCc3ccccc3)CC2)CC1. The Hall–Kier alpha value is -2.57. The third-order valence-electron chi connectivity index (χ3n) is 5.85. The quantitative estimate of drug-likeness (QED) is 0.682. The highest BCUT2D eigenvalue weighted by Crippen LogP contribution is 2.26. The minimum Gasteiger partial charge on any atom is -0.460 e. The molecule has 2 saturated heterocycles. The highest BCUT2D eigenvalue weighted by Gasteiger charge is 2.35. The van der Waals surface area contributed by atoms with Crippen LogP contribution in [0.2, 0.25) is 0 Å². The molecule has 0 aromatic heterocycles. The largest absolute Gasteiger partial charge is 0.460 e. The number of hydrogen-bond donors (Lipinski definition) is 0.